The fraction of sp³-hybridized carbons (Fsp3) is 0.286. The number of aryl methyl sites for hydroxylation is 1. The molecule has 1 aliphatic heterocycles. The molecule has 0 N–H and O–H groups in total. The fourth-order valence-corrected chi connectivity index (χ4v) is 3.14. The van der Waals surface area contributed by atoms with E-state index in [1.165, 1.54) is 7.11 Å². The molecule has 2 aromatic heterocycles. The van der Waals surface area contributed by atoms with Gasteiger partial charge in [0.05, 0.1) is 19.0 Å². The van der Waals surface area contributed by atoms with Crippen molar-refractivity contribution in [1.82, 2.24) is 9.55 Å². The minimum atomic E-state index is -0.301. The highest BCUT2D eigenvalue weighted by atomic mass is 35.5. The third kappa shape index (κ3) is 2.09. The second-order valence-electron chi connectivity index (χ2n) is 4.59. The highest BCUT2D eigenvalue weighted by molar-refractivity contribution is 6.36. The van der Waals surface area contributed by atoms with Gasteiger partial charge in [-0.1, -0.05) is 29.3 Å². The summed E-state index contributed by atoms with van der Waals surface area (Å²) >= 11 is 12.2. The van der Waals surface area contributed by atoms with Crippen molar-refractivity contribution in [3.63, 3.8) is 0 Å². The predicted molar refractivity (Wildman–Crippen MR) is 79.1 cm³/mol. The minimum Gasteiger partial charge on any atom is -0.469 e. The summed E-state index contributed by atoms with van der Waals surface area (Å²) in [6.45, 7) is 0.834. The summed E-state index contributed by atoms with van der Waals surface area (Å²) in [5.74, 6) is -0.301. The topological polar surface area (TPSA) is 44.1 Å². The molecule has 0 unspecified atom stereocenters. The number of carbonyl (C=O) groups excluding carboxylic acids is 1. The van der Waals surface area contributed by atoms with Crippen LogP contribution in [0, 0.1) is 0 Å². The third-order valence-electron chi connectivity index (χ3n) is 3.46. The molecule has 2 aromatic rings. The monoisotopic (exact) mass is 310 g/mol. The van der Waals surface area contributed by atoms with Gasteiger partial charge in [0, 0.05) is 17.6 Å². The van der Waals surface area contributed by atoms with Gasteiger partial charge in [0.2, 0.25) is 0 Å². The van der Waals surface area contributed by atoms with E-state index in [0.717, 1.165) is 35.1 Å². The van der Waals surface area contributed by atoms with Crippen LogP contribution >= 0.6 is 23.2 Å². The first-order valence-corrected chi connectivity index (χ1v) is 6.98. The van der Waals surface area contributed by atoms with Gasteiger partial charge >= 0.3 is 5.97 Å². The van der Waals surface area contributed by atoms with Crippen LogP contribution in [0.15, 0.2) is 12.1 Å². The summed E-state index contributed by atoms with van der Waals surface area (Å²) in [5, 5.41) is 1.45. The molecule has 6 heteroatoms. The normalized spacial score (nSPS) is 13.6. The van der Waals surface area contributed by atoms with Crippen LogP contribution in [0.5, 0.6) is 0 Å². The van der Waals surface area contributed by atoms with Crippen molar-refractivity contribution in [3.05, 3.63) is 33.7 Å². The Morgan fingerprint density at radius 2 is 2.30 bits per heavy atom. The number of methoxy groups -OCH3 is 1. The lowest BCUT2D eigenvalue weighted by molar-refractivity contribution is -0.139. The van der Waals surface area contributed by atoms with E-state index < -0.39 is 0 Å². The lowest BCUT2D eigenvalue weighted by Crippen LogP contribution is -2.08. The predicted octanol–water partition coefficient (Wildman–Crippen LogP) is 3.48. The van der Waals surface area contributed by atoms with Crippen molar-refractivity contribution in [1.29, 1.82) is 0 Å². The van der Waals surface area contributed by atoms with Crippen molar-refractivity contribution < 1.29 is 9.53 Å². The van der Waals surface area contributed by atoms with Gasteiger partial charge in [-0.05, 0) is 24.1 Å². The second kappa shape index (κ2) is 5.11. The first kappa shape index (κ1) is 13.5. The molecule has 0 spiro atoms. The average molecular weight is 311 g/mol. The van der Waals surface area contributed by atoms with Gasteiger partial charge in [0.1, 0.15) is 10.3 Å². The first-order chi connectivity index (χ1) is 9.61. The Bertz CT molecular complexity index is 735. The fourth-order valence-electron chi connectivity index (χ4n) is 2.61. The van der Waals surface area contributed by atoms with Crippen LogP contribution < -0.4 is 0 Å². The SMILES string of the molecule is COC(=O)Cc1c2n(c3cc(Cl)nc(Cl)c13)CCC=C2. The number of rotatable bonds is 2. The van der Waals surface area contributed by atoms with Crippen molar-refractivity contribution in [2.45, 2.75) is 19.4 Å². The van der Waals surface area contributed by atoms with Gasteiger partial charge in [0.25, 0.3) is 0 Å². The van der Waals surface area contributed by atoms with E-state index in [-0.39, 0.29) is 12.4 Å². The number of esters is 1. The zero-order valence-corrected chi connectivity index (χ0v) is 12.3. The molecule has 1 aliphatic rings. The summed E-state index contributed by atoms with van der Waals surface area (Å²) in [5.41, 5.74) is 2.73. The molecule has 0 amide bonds. The van der Waals surface area contributed by atoms with E-state index in [9.17, 15) is 4.79 Å². The number of pyridine rings is 1. The van der Waals surface area contributed by atoms with E-state index >= 15 is 0 Å². The minimum absolute atomic E-state index is 0.169. The molecule has 3 heterocycles. The molecule has 104 valence electrons. The Balaban J connectivity index is 2.32. The van der Waals surface area contributed by atoms with Crippen molar-refractivity contribution in [2.75, 3.05) is 7.11 Å². The number of halogens is 2. The molecular formula is C14H12Cl2N2O2. The van der Waals surface area contributed by atoms with Gasteiger partial charge < -0.3 is 9.30 Å². The molecule has 20 heavy (non-hydrogen) atoms. The molecule has 0 bridgehead atoms. The van der Waals surface area contributed by atoms with Crippen molar-refractivity contribution >= 4 is 46.2 Å². The van der Waals surface area contributed by atoms with E-state index in [0.29, 0.717) is 10.3 Å². The molecule has 3 rings (SSSR count). The number of fused-ring (bicyclic) bond motifs is 3. The summed E-state index contributed by atoms with van der Waals surface area (Å²) in [7, 11) is 1.37. The summed E-state index contributed by atoms with van der Waals surface area (Å²) < 4.78 is 6.88. The zero-order chi connectivity index (χ0) is 14.3. The van der Waals surface area contributed by atoms with Crippen LogP contribution in [-0.4, -0.2) is 22.6 Å². The third-order valence-corrected chi connectivity index (χ3v) is 3.93. The van der Waals surface area contributed by atoms with Crippen LogP contribution in [0.4, 0.5) is 0 Å². The Morgan fingerprint density at radius 1 is 1.50 bits per heavy atom. The Labute approximate surface area is 125 Å². The van der Waals surface area contributed by atoms with Crippen LogP contribution in [0.3, 0.4) is 0 Å². The standard InChI is InChI=1S/C14H12Cl2N2O2/c1-20-12(19)6-8-9-4-2-3-5-18(9)10-7-11(15)17-14(16)13(8)10/h2,4,7H,3,5-6H2,1H3. The Hall–Kier alpha value is -1.52. The average Bonchev–Trinajstić information content (AvgIpc) is 2.74. The molecule has 4 nitrogen and oxygen atoms in total. The van der Waals surface area contributed by atoms with E-state index in [1.54, 1.807) is 6.07 Å². The molecule has 0 saturated heterocycles. The molecule has 0 radical (unpaired) electrons. The smallest absolute Gasteiger partial charge is 0.310 e. The Morgan fingerprint density at radius 3 is 3.05 bits per heavy atom. The number of hydrogen-bond donors (Lipinski definition) is 0. The molecule has 0 aliphatic carbocycles. The highest BCUT2D eigenvalue weighted by Crippen LogP contribution is 2.35. The lowest BCUT2D eigenvalue weighted by atomic mass is 10.1. The summed E-state index contributed by atoms with van der Waals surface area (Å²) in [6.07, 6.45) is 5.19. The maximum absolute atomic E-state index is 11.6. The lowest BCUT2D eigenvalue weighted by Gasteiger charge is -2.12. The first-order valence-electron chi connectivity index (χ1n) is 6.22. The van der Waals surface area contributed by atoms with Crippen molar-refractivity contribution in [3.8, 4) is 0 Å². The number of ether oxygens (including phenoxy) is 1. The van der Waals surface area contributed by atoms with Crippen LogP contribution in [0.1, 0.15) is 17.7 Å². The van der Waals surface area contributed by atoms with Crippen LogP contribution in [-0.2, 0) is 22.5 Å². The largest absolute Gasteiger partial charge is 0.469 e. The number of hydrogen-bond acceptors (Lipinski definition) is 3. The van der Waals surface area contributed by atoms with Crippen LogP contribution in [0.2, 0.25) is 10.3 Å². The molecule has 0 fully saturated rings. The molecule has 0 atom stereocenters. The van der Waals surface area contributed by atoms with Gasteiger partial charge in [-0.3, -0.25) is 4.79 Å². The quantitative estimate of drug-likeness (QED) is 0.630. The van der Waals surface area contributed by atoms with Crippen molar-refractivity contribution in [2.24, 2.45) is 0 Å². The number of carbonyl (C=O) groups is 1. The van der Waals surface area contributed by atoms with Gasteiger partial charge in [-0.25, -0.2) is 4.98 Å². The maximum atomic E-state index is 11.6. The second-order valence-corrected chi connectivity index (χ2v) is 5.33. The van der Waals surface area contributed by atoms with E-state index in [4.69, 9.17) is 27.9 Å². The molecule has 0 saturated carbocycles. The summed E-state index contributed by atoms with van der Waals surface area (Å²) in [6, 6.07) is 1.78. The van der Waals surface area contributed by atoms with E-state index in [2.05, 4.69) is 15.6 Å². The number of nitrogens with zero attached hydrogens (tertiary/aromatic N) is 2. The number of aromatic nitrogens is 2. The number of allylic oxidation sites excluding steroid dienone is 1. The summed E-state index contributed by atoms with van der Waals surface area (Å²) in [4.78, 5) is 15.7. The van der Waals surface area contributed by atoms with Gasteiger partial charge in [0.15, 0.2) is 0 Å². The van der Waals surface area contributed by atoms with E-state index in [1.807, 2.05) is 6.08 Å². The maximum Gasteiger partial charge on any atom is 0.310 e. The highest BCUT2D eigenvalue weighted by Gasteiger charge is 2.22. The van der Waals surface area contributed by atoms with Crippen LogP contribution in [0.25, 0.3) is 17.0 Å². The molecule has 0 aromatic carbocycles. The van der Waals surface area contributed by atoms with Gasteiger partial charge in [-0.15, -0.1) is 0 Å². The Kier molecular flexibility index (Phi) is 3.44. The zero-order valence-electron chi connectivity index (χ0n) is 10.8. The van der Waals surface area contributed by atoms with Gasteiger partial charge in [-0.2, -0.15) is 0 Å². The molecular weight excluding hydrogens is 299 g/mol.